The number of hydrogen-bond donors (Lipinski definition) is 3. The average molecular weight is 381 g/mol. The van der Waals surface area contributed by atoms with E-state index in [-0.39, 0.29) is 23.8 Å². The van der Waals surface area contributed by atoms with Crippen LogP contribution in [0.15, 0.2) is 42.9 Å². The molecule has 0 atom stereocenters. The molecule has 0 aliphatic heterocycles. The zero-order valence-corrected chi connectivity index (χ0v) is 16.1. The molecule has 9 nitrogen and oxygen atoms in total. The van der Waals surface area contributed by atoms with E-state index < -0.39 is 0 Å². The Balaban J connectivity index is 1.50. The van der Waals surface area contributed by atoms with Gasteiger partial charge in [0.15, 0.2) is 0 Å². The highest BCUT2D eigenvalue weighted by atomic mass is 16.2. The van der Waals surface area contributed by atoms with Gasteiger partial charge >= 0.3 is 0 Å². The molecule has 0 fully saturated rings. The number of carbonyl (C=O) groups excluding carboxylic acids is 2. The van der Waals surface area contributed by atoms with Gasteiger partial charge in [0.25, 0.3) is 5.91 Å². The van der Waals surface area contributed by atoms with Crippen molar-refractivity contribution in [2.24, 2.45) is 0 Å². The van der Waals surface area contributed by atoms with Crippen LogP contribution in [-0.4, -0.2) is 36.8 Å². The monoisotopic (exact) mass is 381 g/mol. The summed E-state index contributed by atoms with van der Waals surface area (Å²) in [5.41, 5.74) is 2.53. The van der Waals surface area contributed by atoms with Gasteiger partial charge < -0.3 is 10.6 Å². The number of carbonyl (C=O) groups is 2. The van der Waals surface area contributed by atoms with Gasteiger partial charge in [-0.2, -0.15) is 10.2 Å². The van der Waals surface area contributed by atoms with Crippen molar-refractivity contribution in [2.45, 2.75) is 39.3 Å². The molecule has 0 spiro atoms. The van der Waals surface area contributed by atoms with Gasteiger partial charge in [0.2, 0.25) is 5.91 Å². The van der Waals surface area contributed by atoms with Gasteiger partial charge in [-0.1, -0.05) is 26.8 Å². The minimum Gasteiger partial charge on any atom is -0.349 e. The fraction of sp³-hybridized carbons (Fsp3) is 0.316. The molecular weight excluding hydrogens is 358 g/mol. The maximum Gasteiger partial charge on any atom is 0.274 e. The minimum atomic E-state index is -0.335. The van der Waals surface area contributed by atoms with Crippen LogP contribution in [0.25, 0.3) is 0 Å². The molecule has 0 radical (unpaired) electrons. The van der Waals surface area contributed by atoms with E-state index in [0.29, 0.717) is 17.9 Å². The SMILES string of the molecule is CC(C)(C)c1cc(CNC(=O)Cn2cc(NC(=O)c3ccccn3)cn2)[nH]n1. The number of rotatable bonds is 6. The molecule has 3 aromatic rings. The Hall–Kier alpha value is -3.49. The topological polar surface area (TPSA) is 118 Å². The second-order valence-electron chi connectivity index (χ2n) is 7.40. The molecule has 3 aromatic heterocycles. The Morgan fingerprint density at radius 1 is 1.25 bits per heavy atom. The predicted molar refractivity (Wildman–Crippen MR) is 104 cm³/mol. The van der Waals surface area contributed by atoms with E-state index in [1.807, 2.05) is 6.07 Å². The number of aromatic nitrogens is 5. The van der Waals surface area contributed by atoms with Gasteiger partial charge in [-0.25, -0.2) is 0 Å². The number of nitrogens with one attached hydrogen (secondary N) is 3. The Kier molecular flexibility index (Phi) is 5.53. The number of aromatic amines is 1. The van der Waals surface area contributed by atoms with Gasteiger partial charge in [0.1, 0.15) is 12.2 Å². The van der Waals surface area contributed by atoms with Crippen LogP contribution < -0.4 is 10.6 Å². The molecule has 146 valence electrons. The first-order valence-corrected chi connectivity index (χ1v) is 8.87. The first kappa shape index (κ1) is 19.3. The van der Waals surface area contributed by atoms with Crippen molar-refractivity contribution >= 4 is 17.5 Å². The first-order valence-electron chi connectivity index (χ1n) is 8.87. The minimum absolute atomic E-state index is 0.0414. The van der Waals surface area contributed by atoms with Crippen LogP contribution >= 0.6 is 0 Å². The average Bonchev–Trinajstić information content (AvgIpc) is 3.30. The smallest absolute Gasteiger partial charge is 0.274 e. The molecular formula is C19H23N7O2. The quantitative estimate of drug-likeness (QED) is 0.602. The summed E-state index contributed by atoms with van der Waals surface area (Å²) >= 11 is 0. The summed E-state index contributed by atoms with van der Waals surface area (Å²) < 4.78 is 1.46. The summed E-state index contributed by atoms with van der Waals surface area (Å²) in [6.07, 6.45) is 4.62. The van der Waals surface area contributed by atoms with Gasteiger partial charge in [-0.05, 0) is 18.2 Å². The van der Waals surface area contributed by atoms with Crippen LogP contribution in [0.4, 0.5) is 5.69 Å². The van der Waals surface area contributed by atoms with E-state index in [0.717, 1.165) is 11.4 Å². The molecule has 0 aliphatic carbocycles. The van der Waals surface area contributed by atoms with Crippen molar-refractivity contribution in [2.75, 3.05) is 5.32 Å². The highest BCUT2D eigenvalue weighted by molar-refractivity contribution is 6.02. The maximum absolute atomic E-state index is 12.1. The third-order valence-corrected chi connectivity index (χ3v) is 3.97. The second kappa shape index (κ2) is 8.03. The summed E-state index contributed by atoms with van der Waals surface area (Å²) in [6, 6.07) is 7.04. The highest BCUT2D eigenvalue weighted by Gasteiger charge is 2.17. The number of pyridine rings is 1. The van der Waals surface area contributed by atoms with Crippen LogP contribution in [0, 0.1) is 0 Å². The standard InChI is InChI=1S/C19H23N7O2/c1-19(2,3)16-8-13(24-25-16)9-21-17(27)12-26-11-14(10-22-26)23-18(28)15-6-4-5-7-20-15/h4-8,10-11H,9,12H2,1-3H3,(H,21,27)(H,23,28)(H,24,25). The highest BCUT2D eigenvalue weighted by Crippen LogP contribution is 2.20. The van der Waals surface area contributed by atoms with Crippen LogP contribution in [0.2, 0.25) is 0 Å². The third kappa shape index (κ3) is 5.03. The molecule has 0 aliphatic rings. The lowest BCUT2D eigenvalue weighted by Gasteiger charge is -2.13. The van der Waals surface area contributed by atoms with Gasteiger partial charge in [-0.15, -0.1) is 0 Å². The lowest BCUT2D eigenvalue weighted by molar-refractivity contribution is -0.122. The molecule has 3 N–H and O–H groups in total. The van der Waals surface area contributed by atoms with Gasteiger partial charge in [0, 0.05) is 17.8 Å². The van der Waals surface area contributed by atoms with E-state index in [9.17, 15) is 9.59 Å². The van der Waals surface area contributed by atoms with Gasteiger partial charge in [0.05, 0.1) is 29.8 Å². The predicted octanol–water partition coefficient (Wildman–Crippen LogP) is 1.87. The molecule has 0 aromatic carbocycles. The van der Waals surface area contributed by atoms with Crippen molar-refractivity contribution in [3.05, 3.63) is 59.9 Å². The molecule has 0 bridgehead atoms. The Bertz CT molecular complexity index is 954. The Morgan fingerprint density at radius 2 is 2.07 bits per heavy atom. The third-order valence-electron chi connectivity index (χ3n) is 3.97. The van der Waals surface area contributed by atoms with Crippen molar-refractivity contribution in [1.29, 1.82) is 0 Å². The second-order valence-corrected chi connectivity index (χ2v) is 7.40. The number of anilines is 1. The van der Waals surface area contributed by atoms with Crippen molar-refractivity contribution in [3.8, 4) is 0 Å². The molecule has 3 rings (SSSR count). The van der Waals surface area contributed by atoms with Crippen LogP contribution in [0.3, 0.4) is 0 Å². The van der Waals surface area contributed by atoms with Crippen LogP contribution in [-0.2, 0) is 23.3 Å². The number of nitrogens with zero attached hydrogens (tertiary/aromatic N) is 4. The first-order chi connectivity index (χ1) is 13.3. The van der Waals surface area contributed by atoms with E-state index in [1.54, 1.807) is 30.6 Å². The summed E-state index contributed by atoms with van der Waals surface area (Å²) in [7, 11) is 0. The number of H-pyrrole nitrogens is 1. The largest absolute Gasteiger partial charge is 0.349 e. The zero-order chi connectivity index (χ0) is 20.1. The number of amides is 2. The van der Waals surface area contributed by atoms with E-state index in [4.69, 9.17) is 0 Å². The molecule has 0 unspecified atom stereocenters. The van der Waals surface area contributed by atoms with Gasteiger partial charge in [-0.3, -0.25) is 24.4 Å². The zero-order valence-electron chi connectivity index (χ0n) is 16.1. The Morgan fingerprint density at radius 3 is 2.75 bits per heavy atom. The normalized spacial score (nSPS) is 11.2. The summed E-state index contributed by atoms with van der Waals surface area (Å²) in [5.74, 6) is -0.531. The molecule has 0 saturated heterocycles. The van der Waals surface area contributed by atoms with E-state index >= 15 is 0 Å². The molecule has 9 heteroatoms. The Labute approximate surface area is 162 Å². The van der Waals surface area contributed by atoms with Crippen LogP contribution in [0.5, 0.6) is 0 Å². The van der Waals surface area contributed by atoms with E-state index in [2.05, 4.69) is 51.7 Å². The lowest BCUT2D eigenvalue weighted by atomic mass is 9.92. The molecule has 0 saturated carbocycles. The number of hydrogen-bond acceptors (Lipinski definition) is 5. The van der Waals surface area contributed by atoms with Crippen molar-refractivity contribution in [3.63, 3.8) is 0 Å². The molecule has 2 amide bonds. The fourth-order valence-electron chi connectivity index (χ4n) is 2.44. The summed E-state index contributed by atoms with van der Waals surface area (Å²) in [6.45, 7) is 6.63. The van der Waals surface area contributed by atoms with Crippen molar-refractivity contribution < 1.29 is 9.59 Å². The lowest BCUT2D eigenvalue weighted by Crippen LogP contribution is -2.27. The van der Waals surface area contributed by atoms with Crippen LogP contribution in [0.1, 0.15) is 42.6 Å². The fourth-order valence-corrected chi connectivity index (χ4v) is 2.44. The summed E-state index contributed by atoms with van der Waals surface area (Å²) in [5, 5.41) is 16.8. The molecule has 3 heterocycles. The maximum atomic E-state index is 12.1. The van der Waals surface area contributed by atoms with E-state index in [1.165, 1.54) is 10.9 Å². The molecule has 28 heavy (non-hydrogen) atoms. The van der Waals surface area contributed by atoms with Crippen molar-refractivity contribution in [1.82, 2.24) is 30.3 Å². The summed E-state index contributed by atoms with van der Waals surface area (Å²) in [4.78, 5) is 28.2.